The number of nitrogens with zero attached hydrogens (tertiary/aromatic N) is 1. The first-order valence-corrected chi connectivity index (χ1v) is 7.08. The van der Waals surface area contributed by atoms with Crippen LogP contribution in [0.25, 0.3) is 0 Å². The molecule has 0 spiro atoms. The Bertz CT molecular complexity index is 484. The van der Waals surface area contributed by atoms with Gasteiger partial charge in [-0.3, -0.25) is 9.59 Å². The number of ketones is 1. The molecule has 1 atom stereocenters. The third-order valence-corrected chi connectivity index (χ3v) is 3.78. The summed E-state index contributed by atoms with van der Waals surface area (Å²) in [6, 6.07) is 5.92. The van der Waals surface area contributed by atoms with Crippen LogP contribution in [0.2, 0.25) is 0 Å². The van der Waals surface area contributed by atoms with E-state index in [0.29, 0.717) is 18.9 Å². The number of Topliss-reactive ketones (excluding diaryl/α,β-unsaturated/α-hetero) is 1. The molecule has 0 aromatic heterocycles. The molecule has 1 aromatic rings. The summed E-state index contributed by atoms with van der Waals surface area (Å²) in [5.41, 5.74) is 0.784. The number of amides is 1. The van der Waals surface area contributed by atoms with E-state index in [9.17, 15) is 14.0 Å². The Morgan fingerprint density at radius 1 is 1.30 bits per heavy atom. The average molecular weight is 277 g/mol. The van der Waals surface area contributed by atoms with Crippen LogP contribution in [0.1, 0.15) is 31.7 Å². The first-order chi connectivity index (χ1) is 9.54. The molecule has 3 nitrogen and oxygen atoms in total. The van der Waals surface area contributed by atoms with E-state index in [2.05, 4.69) is 6.92 Å². The standard InChI is InChI=1S/C16H20FNO2/c1-12-2-7-16(20)18(9-8-12)11-15(19)10-13-3-5-14(17)6-4-13/h3-6,12H,2,7-11H2,1H3. The highest BCUT2D eigenvalue weighted by Crippen LogP contribution is 2.17. The Balaban J connectivity index is 1.90. The molecule has 20 heavy (non-hydrogen) atoms. The van der Waals surface area contributed by atoms with Gasteiger partial charge >= 0.3 is 0 Å². The number of halogens is 1. The van der Waals surface area contributed by atoms with E-state index >= 15 is 0 Å². The summed E-state index contributed by atoms with van der Waals surface area (Å²) < 4.78 is 12.8. The van der Waals surface area contributed by atoms with Crippen molar-refractivity contribution in [2.45, 2.75) is 32.6 Å². The summed E-state index contributed by atoms with van der Waals surface area (Å²) in [6.07, 6.45) is 2.64. The minimum Gasteiger partial charge on any atom is -0.335 e. The Hall–Kier alpha value is -1.71. The molecule has 1 amide bonds. The van der Waals surface area contributed by atoms with Crippen molar-refractivity contribution in [3.8, 4) is 0 Å². The van der Waals surface area contributed by atoms with Crippen molar-refractivity contribution >= 4 is 11.7 Å². The first-order valence-electron chi connectivity index (χ1n) is 7.08. The summed E-state index contributed by atoms with van der Waals surface area (Å²) in [5, 5.41) is 0. The van der Waals surface area contributed by atoms with Gasteiger partial charge in [0, 0.05) is 19.4 Å². The molecule has 1 saturated heterocycles. The fourth-order valence-electron chi connectivity index (χ4n) is 2.44. The predicted octanol–water partition coefficient (Wildman–Crippen LogP) is 2.59. The molecule has 0 bridgehead atoms. The van der Waals surface area contributed by atoms with Crippen LogP contribution in [0.5, 0.6) is 0 Å². The Labute approximate surface area is 118 Å². The first kappa shape index (κ1) is 14.7. The lowest BCUT2D eigenvalue weighted by Gasteiger charge is -2.19. The molecule has 0 N–H and O–H groups in total. The number of hydrogen-bond donors (Lipinski definition) is 0. The van der Waals surface area contributed by atoms with Crippen molar-refractivity contribution < 1.29 is 14.0 Å². The topological polar surface area (TPSA) is 37.4 Å². The summed E-state index contributed by atoms with van der Waals surface area (Å²) in [6.45, 7) is 2.97. The molecule has 1 fully saturated rings. The van der Waals surface area contributed by atoms with Crippen molar-refractivity contribution in [2.24, 2.45) is 5.92 Å². The normalized spacial score (nSPS) is 19.8. The van der Waals surface area contributed by atoms with Gasteiger partial charge in [-0.25, -0.2) is 4.39 Å². The van der Waals surface area contributed by atoms with Crippen LogP contribution >= 0.6 is 0 Å². The van der Waals surface area contributed by atoms with Gasteiger partial charge in [0.25, 0.3) is 0 Å². The fourth-order valence-corrected chi connectivity index (χ4v) is 2.44. The molecule has 2 rings (SSSR count). The molecule has 1 heterocycles. The van der Waals surface area contributed by atoms with Crippen LogP contribution in [0.15, 0.2) is 24.3 Å². The predicted molar refractivity (Wildman–Crippen MR) is 74.7 cm³/mol. The largest absolute Gasteiger partial charge is 0.335 e. The minimum absolute atomic E-state index is 0.000453. The molecule has 1 aliphatic rings. The van der Waals surface area contributed by atoms with E-state index in [0.717, 1.165) is 18.4 Å². The van der Waals surface area contributed by atoms with E-state index in [1.54, 1.807) is 17.0 Å². The van der Waals surface area contributed by atoms with E-state index in [4.69, 9.17) is 0 Å². The van der Waals surface area contributed by atoms with Crippen LogP contribution in [-0.4, -0.2) is 29.7 Å². The van der Waals surface area contributed by atoms with Gasteiger partial charge in [0.15, 0.2) is 5.78 Å². The summed E-state index contributed by atoms with van der Waals surface area (Å²) in [4.78, 5) is 25.6. The molecule has 1 aromatic carbocycles. The zero-order valence-corrected chi connectivity index (χ0v) is 11.8. The highest BCUT2D eigenvalue weighted by Gasteiger charge is 2.21. The molecule has 1 unspecified atom stereocenters. The molecule has 0 radical (unpaired) electrons. The van der Waals surface area contributed by atoms with Crippen molar-refractivity contribution in [3.63, 3.8) is 0 Å². The smallest absolute Gasteiger partial charge is 0.222 e. The lowest BCUT2D eigenvalue weighted by Crippen LogP contribution is -2.35. The van der Waals surface area contributed by atoms with Crippen LogP contribution in [0.4, 0.5) is 4.39 Å². The lowest BCUT2D eigenvalue weighted by molar-refractivity contribution is -0.134. The van der Waals surface area contributed by atoms with Crippen LogP contribution < -0.4 is 0 Å². The van der Waals surface area contributed by atoms with Gasteiger partial charge < -0.3 is 4.90 Å². The third kappa shape index (κ3) is 4.15. The average Bonchev–Trinajstić information content (AvgIpc) is 2.57. The van der Waals surface area contributed by atoms with E-state index < -0.39 is 0 Å². The second-order valence-electron chi connectivity index (χ2n) is 5.59. The maximum absolute atomic E-state index is 12.8. The third-order valence-electron chi connectivity index (χ3n) is 3.78. The second kappa shape index (κ2) is 6.64. The van der Waals surface area contributed by atoms with Gasteiger partial charge in [-0.2, -0.15) is 0 Å². The van der Waals surface area contributed by atoms with E-state index in [1.807, 2.05) is 0 Å². The number of likely N-dealkylation sites (tertiary alicyclic amines) is 1. The number of carbonyl (C=O) groups excluding carboxylic acids is 2. The summed E-state index contributed by atoms with van der Waals surface area (Å²) in [5.74, 6) is 0.301. The SMILES string of the molecule is CC1CCC(=O)N(CC(=O)Cc2ccc(F)cc2)CC1. The Morgan fingerprint density at radius 3 is 2.70 bits per heavy atom. The van der Waals surface area contributed by atoms with Crippen molar-refractivity contribution in [2.75, 3.05) is 13.1 Å². The molecule has 0 aliphatic carbocycles. The van der Waals surface area contributed by atoms with Gasteiger partial charge in [-0.1, -0.05) is 19.1 Å². The maximum atomic E-state index is 12.8. The van der Waals surface area contributed by atoms with E-state index in [-0.39, 0.29) is 30.5 Å². The second-order valence-corrected chi connectivity index (χ2v) is 5.59. The zero-order valence-electron chi connectivity index (χ0n) is 11.8. The monoisotopic (exact) mass is 277 g/mol. The summed E-state index contributed by atoms with van der Waals surface area (Å²) in [7, 11) is 0. The van der Waals surface area contributed by atoms with Crippen molar-refractivity contribution in [1.29, 1.82) is 0 Å². The van der Waals surface area contributed by atoms with Gasteiger partial charge in [-0.15, -0.1) is 0 Å². The van der Waals surface area contributed by atoms with Gasteiger partial charge in [0.1, 0.15) is 5.82 Å². The highest BCUT2D eigenvalue weighted by atomic mass is 19.1. The zero-order chi connectivity index (χ0) is 14.5. The molecule has 1 aliphatic heterocycles. The highest BCUT2D eigenvalue weighted by molar-refractivity contribution is 5.87. The van der Waals surface area contributed by atoms with Gasteiger partial charge in [0.05, 0.1) is 6.54 Å². The lowest BCUT2D eigenvalue weighted by atomic mass is 10.0. The number of hydrogen-bond acceptors (Lipinski definition) is 2. The van der Waals surface area contributed by atoms with Crippen LogP contribution in [-0.2, 0) is 16.0 Å². The summed E-state index contributed by atoms with van der Waals surface area (Å²) >= 11 is 0. The van der Waals surface area contributed by atoms with Crippen molar-refractivity contribution in [1.82, 2.24) is 4.90 Å². The molecular weight excluding hydrogens is 257 g/mol. The maximum Gasteiger partial charge on any atom is 0.222 e. The molecule has 108 valence electrons. The fraction of sp³-hybridized carbons (Fsp3) is 0.500. The van der Waals surface area contributed by atoms with E-state index in [1.165, 1.54) is 12.1 Å². The Morgan fingerprint density at radius 2 is 2.00 bits per heavy atom. The minimum atomic E-state index is -0.308. The molecule has 4 heteroatoms. The Kier molecular flexibility index (Phi) is 4.88. The molecular formula is C16H20FNO2. The van der Waals surface area contributed by atoms with Crippen LogP contribution in [0, 0.1) is 11.7 Å². The number of rotatable bonds is 4. The van der Waals surface area contributed by atoms with Crippen molar-refractivity contribution in [3.05, 3.63) is 35.6 Å². The van der Waals surface area contributed by atoms with Gasteiger partial charge in [0.2, 0.25) is 5.91 Å². The number of carbonyl (C=O) groups is 2. The van der Waals surface area contributed by atoms with Crippen LogP contribution in [0.3, 0.4) is 0 Å². The molecule has 0 saturated carbocycles. The number of benzene rings is 1. The quantitative estimate of drug-likeness (QED) is 0.848. The van der Waals surface area contributed by atoms with Gasteiger partial charge in [-0.05, 0) is 36.5 Å².